The van der Waals surface area contributed by atoms with Gasteiger partial charge in [0.1, 0.15) is 5.58 Å². The number of hydrogen-bond acceptors (Lipinski definition) is 5. The van der Waals surface area contributed by atoms with Crippen LogP contribution in [-0.2, 0) is 0 Å². The fourth-order valence-corrected chi connectivity index (χ4v) is 2.93. The van der Waals surface area contributed by atoms with Gasteiger partial charge in [-0.15, -0.1) is 0 Å². The summed E-state index contributed by atoms with van der Waals surface area (Å²) in [5.41, 5.74) is 3.46. The molecule has 134 valence electrons. The lowest BCUT2D eigenvalue weighted by molar-refractivity contribution is 0.0929. The predicted octanol–water partition coefficient (Wildman–Crippen LogP) is 4.06. The summed E-state index contributed by atoms with van der Waals surface area (Å²) in [5.74, 6) is -0.0371. The summed E-state index contributed by atoms with van der Waals surface area (Å²) in [7, 11) is 1.46. The Labute approximate surface area is 154 Å². The first-order valence-corrected chi connectivity index (χ1v) is 8.28. The average Bonchev–Trinajstić information content (AvgIpc) is 3.14. The van der Waals surface area contributed by atoms with Gasteiger partial charge in [-0.2, -0.15) is 5.10 Å². The molecule has 0 aliphatic carbocycles. The summed E-state index contributed by atoms with van der Waals surface area (Å²) in [4.78, 5) is 12.3. The second-order valence-electron chi connectivity index (χ2n) is 5.91. The predicted molar refractivity (Wildman–Crippen MR) is 103 cm³/mol. The topological polar surface area (TPSA) is 84.1 Å². The Bertz CT molecular complexity index is 1180. The van der Waals surface area contributed by atoms with E-state index in [4.69, 9.17) is 9.15 Å². The molecule has 0 bridgehead atoms. The normalized spacial score (nSPS) is 11.3. The molecule has 0 spiro atoms. The van der Waals surface area contributed by atoms with E-state index in [0.717, 1.165) is 16.2 Å². The highest BCUT2D eigenvalue weighted by Gasteiger charge is 2.13. The van der Waals surface area contributed by atoms with E-state index in [1.807, 2.05) is 36.4 Å². The second kappa shape index (κ2) is 6.84. The van der Waals surface area contributed by atoms with Gasteiger partial charge >= 0.3 is 5.91 Å². The van der Waals surface area contributed by atoms with Crippen LogP contribution in [-0.4, -0.2) is 24.3 Å². The standard InChI is InChI=1S/C21H16N2O4/c1-26-18-8-4-6-14(20(18)24)12-22-23-21(25)19-11-16-15-7-3-2-5-13(15)9-10-17(16)27-19/h2-12,24H,1H3,(H,23,25). The van der Waals surface area contributed by atoms with Crippen molar-refractivity contribution in [3.8, 4) is 11.5 Å². The number of hydrogen-bond donors (Lipinski definition) is 2. The molecule has 1 aromatic heterocycles. The van der Waals surface area contributed by atoms with Gasteiger partial charge < -0.3 is 14.3 Å². The number of carbonyl (C=O) groups excluding carboxylic acids is 1. The third-order valence-corrected chi connectivity index (χ3v) is 4.27. The summed E-state index contributed by atoms with van der Waals surface area (Å²) >= 11 is 0. The van der Waals surface area contributed by atoms with Gasteiger partial charge in [-0.05, 0) is 35.0 Å². The average molecular weight is 360 g/mol. The molecule has 0 aliphatic rings. The first-order chi connectivity index (χ1) is 13.2. The summed E-state index contributed by atoms with van der Waals surface area (Å²) in [5, 5.41) is 16.9. The molecule has 3 aromatic carbocycles. The Morgan fingerprint density at radius 3 is 2.81 bits per heavy atom. The molecule has 0 aliphatic heterocycles. The number of fused-ring (bicyclic) bond motifs is 3. The molecule has 4 aromatic rings. The number of nitrogens with zero attached hydrogens (tertiary/aromatic N) is 1. The van der Waals surface area contributed by atoms with Crippen LogP contribution in [0.4, 0.5) is 0 Å². The van der Waals surface area contributed by atoms with Crippen molar-refractivity contribution in [2.45, 2.75) is 0 Å². The molecule has 0 saturated heterocycles. The number of methoxy groups -OCH3 is 1. The van der Waals surface area contributed by atoms with Crippen molar-refractivity contribution in [2.75, 3.05) is 7.11 Å². The van der Waals surface area contributed by atoms with Crippen molar-refractivity contribution < 1.29 is 19.1 Å². The summed E-state index contributed by atoms with van der Waals surface area (Å²) in [6.45, 7) is 0. The van der Waals surface area contributed by atoms with Crippen LogP contribution in [0.2, 0.25) is 0 Å². The molecule has 6 heteroatoms. The number of carbonyl (C=O) groups is 1. The van der Waals surface area contributed by atoms with Crippen molar-refractivity contribution in [1.82, 2.24) is 5.43 Å². The highest BCUT2D eigenvalue weighted by molar-refractivity contribution is 6.08. The summed E-state index contributed by atoms with van der Waals surface area (Å²) in [6.07, 6.45) is 1.34. The van der Waals surface area contributed by atoms with Crippen LogP contribution in [0.1, 0.15) is 16.1 Å². The van der Waals surface area contributed by atoms with Crippen LogP contribution in [0.5, 0.6) is 11.5 Å². The van der Waals surface area contributed by atoms with Gasteiger partial charge in [0.05, 0.1) is 13.3 Å². The SMILES string of the molecule is COc1cccc(C=NNC(=O)c2cc3c(ccc4ccccc43)o2)c1O. The number of para-hydroxylation sites is 1. The monoisotopic (exact) mass is 360 g/mol. The zero-order valence-corrected chi connectivity index (χ0v) is 14.5. The lowest BCUT2D eigenvalue weighted by atomic mass is 10.1. The third kappa shape index (κ3) is 3.08. The molecule has 1 heterocycles. The Kier molecular flexibility index (Phi) is 4.22. The van der Waals surface area contributed by atoms with E-state index >= 15 is 0 Å². The summed E-state index contributed by atoms with van der Waals surface area (Å²) < 4.78 is 10.7. The number of phenols is 1. The zero-order valence-electron chi connectivity index (χ0n) is 14.5. The van der Waals surface area contributed by atoms with Gasteiger partial charge in [-0.25, -0.2) is 5.43 Å². The Morgan fingerprint density at radius 2 is 1.96 bits per heavy atom. The van der Waals surface area contributed by atoms with E-state index in [1.54, 1.807) is 24.3 Å². The highest BCUT2D eigenvalue weighted by atomic mass is 16.5. The number of aromatic hydroxyl groups is 1. The zero-order chi connectivity index (χ0) is 18.8. The second-order valence-corrected chi connectivity index (χ2v) is 5.91. The number of hydrazone groups is 1. The van der Waals surface area contributed by atoms with E-state index in [-0.39, 0.29) is 11.5 Å². The number of nitrogens with one attached hydrogen (secondary N) is 1. The quantitative estimate of drug-likeness (QED) is 0.424. The molecular formula is C21H16N2O4. The van der Waals surface area contributed by atoms with Crippen molar-refractivity contribution in [2.24, 2.45) is 5.10 Å². The van der Waals surface area contributed by atoms with E-state index in [0.29, 0.717) is 16.9 Å². The fourth-order valence-electron chi connectivity index (χ4n) is 2.93. The van der Waals surface area contributed by atoms with Gasteiger partial charge in [0.2, 0.25) is 0 Å². The van der Waals surface area contributed by atoms with Gasteiger partial charge in [-0.3, -0.25) is 4.79 Å². The molecule has 2 N–H and O–H groups in total. The molecule has 0 unspecified atom stereocenters. The first kappa shape index (κ1) is 16.7. The van der Waals surface area contributed by atoms with Gasteiger partial charge in [-0.1, -0.05) is 36.4 Å². The Balaban J connectivity index is 1.57. The first-order valence-electron chi connectivity index (χ1n) is 8.28. The molecule has 0 radical (unpaired) electrons. The smallest absolute Gasteiger partial charge is 0.307 e. The number of rotatable bonds is 4. The van der Waals surface area contributed by atoms with Crippen LogP contribution < -0.4 is 10.2 Å². The molecule has 6 nitrogen and oxygen atoms in total. The molecule has 1 amide bonds. The Morgan fingerprint density at radius 1 is 1.11 bits per heavy atom. The van der Waals surface area contributed by atoms with Crippen LogP contribution in [0.15, 0.2) is 70.2 Å². The number of phenolic OH excluding ortho intramolecular Hbond substituents is 1. The van der Waals surface area contributed by atoms with Crippen LogP contribution in [0.25, 0.3) is 21.7 Å². The fraction of sp³-hybridized carbons (Fsp3) is 0.0476. The number of ether oxygens (including phenoxy) is 1. The molecule has 27 heavy (non-hydrogen) atoms. The maximum atomic E-state index is 12.3. The van der Waals surface area contributed by atoms with E-state index in [2.05, 4.69) is 10.5 Å². The lowest BCUT2D eigenvalue weighted by Crippen LogP contribution is -2.16. The molecule has 0 fully saturated rings. The summed E-state index contributed by atoms with van der Waals surface area (Å²) in [6, 6.07) is 18.4. The lowest BCUT2D eigenvalue weighted by Gasteiger charge is -2.04. The molecule has 0 atom stereocenters. The molecule has 0 saturated carbocycles. The molecule has 4 rings (SSSR count). The number of amides is 1. The largest absolute Gasteiger partial charge is 0.504 e. The minimum absolute atomic E-state index is 0.0480. The van der Waals surface area contributed by atoms with E-state index in [1.165, 1.54) is 13.3 Å². The van der Waals surface area contributed by atoms with Gasteiger partial charge in [0.15, 0.2) is 17.3 Å². The number of furan rings is 1. The highest BCUT2D eigenvalue weighted by Crippen LogP contribution is 2.29. The van der Waals surface area contributed by atoms with Crippen LogP contribution in [0.3, 0.4) is 0 Å². The van der Waals surface area contributed by atoms with Crippen LogP contribution >= 0.6 is 0 Å². The van der Waals surface area contributed by atoms with Crippen molar-refractivity contribution >= 4 is 33.9 Å². The van der Waals surface area contributed by atoms with E-state index in [9.17, 15) is 9.90 Å². The number of benzene rings is 3. The minimum Gasteiger partial charge on any atom is -0.504 e. The van der Waals surface area contributed by atoms with Crippen molar-refractivity contribution in [1.29, 1.82) is 0 Å². The third-order valence-electron chi connectivity index (χ3n) is 4.27. The maximum absolute atomic E-state index is 12.3. The Hall–Kier alpha value is -3.80. The van der Waals surface area contributed by atoms with Gasteiger partial charge in [0, 0.05) is 10.9 Å². The van der Waals surface area contributed by atoms with Crippen molar-refractivity contribution in [3.63, 3.8) is 0 Å². The molecular weight excluding hydrogens is 344 g/mol. The van der Waals surface area contributed by atoms with Gasteiger partial charge in [0.25, 0.3) is 0 Å². The minimum atomic E-state index is -0.478. The van der Waals surface area contributed by atoms with Crippen LogP contribution in [0, 0.1) is 0 Å². The van der Waals surface area contributed by atoms with E-state index < -0.39 is 5.91 Å². The van der Waals surface area contributed by atoms with Crippen molar-refractivity contribution in [3.05, 3.63) is 72.0 Å². The maximum Gasteiger partial charge on any atom is 0.307 e.